The van der Waals surface area contributed by atoms with Gasteiger partial charge in [0.05, 0.1) is 17.7 Å². The fraction of sp³-hybridized carbons (Fsp3) is 0.333. The maximum atomic E-state index is 13.6. The van der Waals surface area contributed by atoms with Crippen LogP contribution in [0.5, 0.6) is 5.75 Å². The lowest BCUT2D eigenvalue weighted by Crippen LogP contribution is -2.29. The summed E-state index contributed by atoms with van der Waals surface area (Å²) < 4.78 is 5.81. The van der Waals surface area contributed by atoms with E-state index in [2.05, 4.69) is 20.8 Å². The highest BCUT2D eigenvalue weighted by Gasteiger charge is 2.47. The van der Waals surface area contributed by atoms with E-state index in [1.54, 1.807) is 0 Å². The summed E-state index contributed by atoms with van der Waals surface area (Å²) in [5.74, 6) is -0.866. The lowest BCUT2D eigenvalue weighted by Gasteiger charge is -2.26. The number of ether oxygens (including phenoxy) is 1. The third-order valence-electron chi connectivity index (χ3n) is 7.02. The second kappa shape index (κ2) is 10.6. The lowest BCUT2D eigenvalue weighted by molar-refractivity contribution is -0.132. The zero-order chi connectivity index (χ0) is 28.6. The molecule has 6 nitrogen and oxygen atoms in total. The van der Waals surface area contributed by atoms with Crippen molar-refractivity contribution in [3.8, 4) is 5.75 Å². The summed E-state index contributed by atoms with van der Waals surface area (Å²) in [5, 5.41) is 11.7. The molecule has 1 heterocycles. The summed E-state index contributed by atoms with van der Waals surface area (Å²) in [7, 11) is 3.88. The van der Waals surface area contributed by atoms with Crippen LogP contribution < -0.4 is 14.5 Å². The summed E-state index contributed by atoms with van der Waals surface area (Å²) in [5.41, 5.74) is 4.56. The third-order valence-corrected chi connectivity index (χ3v) is 7.02. The zero-order valence-corrected chi connectivity index (χ0v) is 24.1. The van der Waals surface area contributed by atoms with Gasteiger partial charge in [-0.1, -0.05) is 45.0 Å². The Morgan fingerprint density at radius 2 is 1.56 bits per heavy atom. The molecule has 4 rings (SSSR count). The van der Waals surface area contributed by atoms with E-state index in [1.807, 2.05) is 106 Å². The molecule has 1 atom stereocenters. The first-order chi connectivity index (χ1) is 18.3. The Hall–Kier alpha value is -4.06. The van der Waals surface area contributed by atoms with E-state index < -0.39 is 17.7 Å². The summed E-state index contributed by atoms with van der Waals surface area (Å²) in [6, 6.07) is 19.9. The van der Waals surface area contributed by atoms with Gasteiger partial charge in [-0.15, -0.1) is 0 Å². The molecule has 1 amide bonds. The number of aliphatic hydroxyl groups is 1. The maximum Gasteiger partial charge on any atom is 0.300 e. The fourth-order valence-electron chi connectivity index (χ4n) is 4.82. The van der Waals surface area contributed by atoms with Gasteiger partial charge in [-0.2, -0.15) is 0 Å². The largest absolute Gasteiger partial charge is 0.507 e. The number of anilines is 2. The van der Waals surface area contributed by atoms with E-state index in [0.717, 1.165) is 16.8 Å². The van der Waals surface area contributed by atoms with Crippen LogP contribution in [0.2, 0.25) is 0 Å². The van der Waals surface area contributed by atoms with Crippen molar-refractivity contribution in [1.29, 1.82) is 0 Å². The zero-order valence-electron chi connectivity index (χ0n) is 24.1. The van der Waals surface area contributed by atoms with Gasteiger partial charge >= 0.3 is 0 Å². The highest BCUT2D eigenvalue weighted by Crippen LogP contribution is 2.43. The molecule has 3 aromatic carbocycles. The van der Waals surface area contributed by atoms with Crippen molar-refractivity contribution in [2.24, 2.45) is 0 Å². The number of hydrogen-bond acceptors (Lipinski definition) is 5. The number of rotatable bonds is 6. The number of carbonyl (C=O) groups excluding carboxylic acids is 2. The van der Waals surface area contributed by atoms with Crippen molar-refractivity contribution in [2.45, 2.75) is 59.1 Å². The number of nitrogens with zero attached hydrogens (tertiary/aromatic N) is 2. The quantitative estimate of drug-likeness (QED) is 0.218. The molecule has 0 aromatic heterocycles. The molecule has 1 saturated heterocycles. The molecule has 1 fully saturated rings. The summed E-state index contributed by atoms with van der Waals surface area (Å²) >= 11 is 0. The molecule has 39 heavy (non-hydrogen) atoms. The van der Waals surface area contributed by atoms with E-state index in [9.17, 15) is 14.7 Å². The molecule has 0 bridgehead atoms. The molecule has 204 valence electrons. The van der Waals surface area contributed by atoms with Crippen molar-refractivity contribution in [3.63, 3.8) is 0 Å². The molecular formula is C33H38N2O4. The van der Waals surface area contributed by atoms with Crippen LogP contribution in [0.25, 0.3) is 5.76 Å². The summed E-state index contributed by atoms with van der Waals surface area (Å²) in [6.45, 7) is 12.1. The first-order valence-electron chi connectivity index (χ1n) is 13.3. The molecule has 1 unspecified atom stereocenters. The Labute approximate surface area is 231 Å². The van der Waals surface area contributed by atoms with Crippen LogP contribution in [0.3, 0.4) is 0 Å². The minimum absolute atomic E-state index is 0.00904. The first-order valence-corrected chi connectivity index (χ1v) is 13.3. The molecule has 6 heteroatoms. The van der Waals surface area contributed by atoms with Crippen molar-refractivity contribution < 1.29 is 19.4 Å². The van der Waals surface area contributed by atoms with Gasteiger partial charge in [0.25, 0.3) is 11.7 Å². The third kappa shape index (κ3) is 5.56. The standard InChI is InChI=1S/C33H38N2O4/c1-20(2)39-26-17-10-22(11-18-26)29-28(30(36)27-19-23(33(4,5)6)12-9-21(27)3)31(37)32(38)35(29)25-15-13-24(14-16-25)34(7)8/h9-20,29,36H,1-8H3/b30-28+. The number of Topliss-reactive ketones (excluding diaryl/α,β-unsaturated/α-hetero) is 1. The Balaban J connectivity index is 1.92. The minimum atomic E-state index is -0.805. The number of aryl methyl sites for hydroxylation is 1. The topological polar surface area (TPSA) is 70.1 Å². The Kier molecular flexibility index (Phi) is 7.60. The van der Waals surface area contributed by atoms with Gasteiger partial charge in [-0.05, 0) is 85.3 Å². The highest BCUT2D eigenvalue weighted by atomic mass is 16.5. The van der Waals surface area contributed by atoms with E-state index >= 15 is 0 Å². The first kappa shape index (κ1) is 28.0. The minimum Gasteiger partial charge on any atom is -0.507 e. The van der Waals surface area contributed by atoms with Gasteiger partial charge in [-0.25, -0.2) is 0 Å². The predicted molar refractivity (Wildman–Crippen MR) is 158 cm³/mol. The van der Waals surface area contributed by atoms with E-state index in [1.165, 1.54) is 4.90 Å². The molecule has 3 aromatic rings. The van der Waals surface area contributed by atoms with Crippen molar-refractivity contribution in [2.75, 3.05) is 23.9 Å². The summed E-state index contributed by atoms with van der Waals surface area (Å²) in [4.78, 5) is 30.6. The fourth-order valence-corrected chi connectivity index (χ4v) is 4.82. The van der Waals surface area contributed by atoms with Gasteiger partial charge in [0.15, 0.2) is 0 Å². The van der Waals surface area contributed by atoms with Crippen molar-refractivity contribution >= 4 is 28.8 Å². The lowest BCUT2D eigenvalue weighted by atomic mass is 9.84. The number of ketones is 1. The molecule has 1 aliphatic heterocycles. The van der Waals surface area contributed by atoms with Gasteiger partial charge in [0, 0.05) is 31.0 Å². The van der Waals surface area contributed by atoms with Gasteiger partial charge < -0.3 is 14.7 Å². The monoisotopic (exact) mass is 526 g/mol. The average molecular weight is 527 g/mol. The van der Waals surface area contributed by atoms with Crippen LogP contribution in [0, 0.1) is 6.92 Å². The molecule has 1 N–H and O–H groups in total. The Morgan fingerprint density at radius 1 is 0.949 bits per heavy atom. The second-order valence-corrected chi connectivity index (χ2v) is 11.6. The van der Waals surface area contributed by atoms with Crippen molar-refractivity contribution in [3.05, 3.63) is 94.6 Å². The van der Waals surface area contributed by atoms with E-state index in [-0.39, 0.29) is 22.9 Å². The Morgan fingerprint density at radius 3 is 2.10 bits per heavy atom. The van der Waals surface area contributed by atoms with Crippen LogP contribution in [-0.2, 0) is 15.0 Å². The number of amides is 1. The SMILES string of the molecule is Cc1ccc(C(C)(C)C)cc1/C(O)=C1\C(=O)C(=O)N(c2ccc(N(C)C)cc2)C1c1ccc(OC(C)C)cc1. The summed E-state index contributed by atoms with van der Waals surface area (Å²) in [6.07, 6.45) is 0.00904. The van der Waals surface area contributed by atoms with Crippen molar-refractivity contribution in [1.82, 2.24) is 0 Å². The van der Waals surface area contributed by atoms with Crippen LogP contribution >= 0.6 is 0 Å². The van der Waals surface area contributed by atoms with Gasteiger partial charge in [0.2, 0.25) is 0 Å². The van der Waals surface area contributed by atoms with E-state index in [4.69, 9.17) is 4.74 Å². The molecular weight excluding hydrogens is 488 g/mol. The van der Waals surface area contributed by atoms with Gasteiger partial charge in [0.1, 0.15) is 11.5 Å². The number of carbonyl (C=O) groups is 2. The molecule has 0 spiro atoms. The molecule has 1 aliphatic rings. The Bertz CT molecular complexity index is 1410. The highest BCUT2D eigenvalue weighted by molar-refractivity contribution is 6.51. The normalized spacial score (nSPS) is 17.2. The van der Waals surface area contributed by atoms with Crippen LogP contribution in [0.4, 0.5) is 11.4 Å². The average Bonchev–Trinajstić information content (AvgIpc) is 3.13. The smallest absolute Gasteiger partial charge is 0.300 e. The van der Waals surface area contributed by atoms with Gasteiger partial charge in [-0.3, -0.25) is 14.5 Å². The maximum absolute atomic E-state index is 13.6. The number of benzene rings is 3. The predicted octanol–water partition coefficient (Wildman–Crippen LogP) is 6.77. The van der Waals surface area contributed by atoms with Crippen LogP contribution in [-0.4, -0.2) is 37.0 Å². The van der Waals surface area contributed by atoms with Crippen LogP contribution in [0.1, 0.15) is 62.9 Å². The van der Waals surface area contributed by atoms with E-state index in [0.29, 0.717) is 22.6 Å². The number of aliphatic hydroxyl groups excluding tert-OH is 1. The molecule has 0 saturated carbocycles. The van der Waals surface area contributed by atoms with Crippen LogP contribution in [0.15, 0.2) is 72.3 Å². The second-order valence-electron chi connectivity index (χ2n) is 11.6. The number of hydrogen-bond donors (Lipinski definition) is 1. The molecule has 0 aliphatic carbocycles. The molecule has 0 radical (unpaired) electrons.